The van der Waals surface area contributed by atoms with Crippen molar-refractivity contribution in [1.82, 2.24) is 0 Å². The third kappa shape index (κ3) is 2.83. The number of halogens is 2. The molecule has 0 aliphatic carbocycles. The number of carbonyl (C=O) groups excluding carboxylic acids is 1. The first-order valence-electron chi connectivity index (χ1n) is 6.24. The van der Waals surface area contributed by atoms with E-state index in [4.69, 9.17) is 27.9 Å². The van der Waals surface area contributed by atoms with E-state index < -0.39 is 6.10 Å². The van der Waals surface area contributed by atoms with Crippen molar-refractivity contribution < 1.29 is 14.6 Å². The number of anilines is 1. The smallest absolute Gasteiger partial charge is 0.262 e. The highest BCUT2D eigenvalue weighted by Gasteiger charge is 2.20. The van der Waals surface area contributed by atoms with E-state index in [-0.39, 0.29) is 12.5 Å². The van der Waals surface area contributed by atoms with Crippen LogP contribution in [0.4, 0.5) is 5.69 Å². The van der Waals surface area contributed by atoms with Gasteiger partial charge >= 0.3 is 0 Å². The molecule has 0 fully saturated rings. The van der Waals surface area contributed by atoms with Gasteiger partial charge in [0.15, 0.2) is 6.61 Å². The molecule has 1 atom stereocenters. The number of ether oxygens (including phenoxy) is 1. The second-order valence-corrected chi connectivity index (χ2v) is 5.50. The summed E-state index contributed by atoms with van der Waals surface area (Å²) in [4.78, 5) is 11.3. The SMILES string of the molecule is O=C1COc2ccc(C(O)c3cc(Cl)ccc3Cl)cc2N1. The summed E-state index contributed by atoms with van der Waals surface area (Å²) < 4.78 is 5.28. The fourth-order valence-corrected chi connectivity index (χ4v) is 2.58. The highest BCUT2D eigenvalue weighted by atomic mass is 35.5. The molecule has 108 valence electrons. The first-order valence-corrected chi connectivity index (χ1v) is 7.00. The van der Waals surface area contributed by atoms with E-state index in [1.54, 1.807) is 36.4 Å². The standard InChI is InChI=1S/C15H11Cl2NO3/c16-9-2-3-11(17)10(6-9)15(20)8-1-4-13-12(5-8)18-14(19)7-21-13/h1-6,15,20H,7H2,(H,18,19). The first kappa shape index (κ1) is 14.2. The maximum atomic E-state index is 11.3. The van der Waals surface area contributed by atoms with Gasteiger partial charge in [0.25, 0.3) is 5.91 Å². The van der Waals surface area contributed by atoms with E-state index in [2.05, 4.69) is 5.32 Å². The van der Waals surface area contributed by atoms with E-state index in [1.807, 2.05) is 0 Å². The molecule has 2 N–H and O–H groups in total. The van der Waals surface area contributed by atoms with Crippen LogP contribution in [0.5, 0.6) is 5.75 Å². The highest BCUT2D eigenvalue weighted by molar-refractivity contribution is 6.33. The molecule has 0 saturated carbocycles. The molecule has 1 amide bonds. The molecule has 1 aliphatic rings. The van der Waals surface area contributed by atoms with Crippen LogP contribution < -0.4 is 10.1 Å². The zero-order chi connectivity index (χ0) is 15.0. The minimum absolute atomic E-state index is 0.00494. The first-order chi connectivity index (χ1) is 10.0. The number of amides is 1. The van der Waals surface area contributed by atoms with Crippen molar-refractivity contribution in [1.29, 1.82) is 0 Å². The van der Waals surface area contributed by atoms with Gasteiger partial charge in [-0.3, -0.25) is 4.79 Å². The molecule has 0 radical (unpaired) electrons. The van der Waals surface area contributed by atoms with Crippen molar-refractivity contribution in [3.05, 3.63) is 57.6 Å². The quantitative estimate of drug-likeness (QED) is 0.890. The summed E-state index contributed by atoms with van der Waals surface area (Å²) in [6.07, 6.45) is -0.944. The molecule has 1 aliphatic heterocycles. The third-order valence-electron chi connectivity index (χ3n) is 3.20. The van der Waals surface area contributed by atoms with Crippen molar-refractivity contribution in [2.45, 2.75) is 6.10 Å². The Morgan fingerprint density at radius 2 is 2.00 bits per heavy atom. The van der Waals surface area contributed by atoms with Crippen LogP contribution in [0, 0.1) is 0 Å². The van der Waals surface area contributed by atoms with E-state index in [1.165, 1.54) is 0 Å². The molecular weight excluding hydrogens is 313 g/mol. The second kappa shape index (κ2) is 5.56. The summed E-state index contributed by atoms with van der Waals surface area (Å²) >= 11 is 12.0. The monoisotopic (exact) mass is 323 g/mol. The number of benzene rings is 2. The van der Waals surface area contributed by atoms with E-state index >= 15 is 0 Å². The molecule has 1 heterocycles. The largest absolute Gasteiger partial charge is 0.482 e. The van der Waals surface area contributed by atoms with Crippen molar-refractivity contribution in [2.24, 2.45) is 0 Å². The normalized spacial score (nSPS) is 14.9. The Balaban J connectivity index is 1.98. The zero-order valence-electron chi connectivity index (χ0n) is 10.8. The molecule has 4 nitrogen and oxygen atoms in total. The van der Waals surface area contributed by atoms with Gasteiger partial charge in [-0.15, -0.1) is 0 Å². The molecule has 0 bridgehead atoms. The molecule has 2 aromatic rings. The van der Waals surface area contributed by atoms with Crippen LogP contribution in [0.1, 0.15) is 17.2 Å². The number of aliphatic hydroxyl groups excluding tert-OH is 1. The fraction of sp³-hybridized carbons (Fsp3) is 0.133. The Morgan fingerprint density at radius 3 is 2.81 bits per heavy atom. The number of rotatable bonds is 2. The van der Waals surface area contributed by atoms with Gasteiger partial charge < -0.3 is 15.2 Å². The zero-order valence-corrected chi connectivity index (χ0v) is 12.3. The van der Waals surface area contributed by atoms with Gasteiger partial charge in [-0.1, -0.05) is 29.3 Å². The van der Waals surface area contributed by atoms with Crippen molar-refractivity contribution in [3.8, 4) is 5.75 Å². The summed E-state index contributed by atoms with van der Waals surface area (Å²) in [7, 11) is 0. The number of hydrogen-bond acceptors (Lipinski definition) is 3. The summed E-state index contributed by atoms with van der Waals surface area (Å²) in [6, 6.07) is 9.98. The van der Waals surface area contributed by atoms with Crippen LogP contribution >= 0.6 is 23.2 Å². The van der Waals surface area contributed by atoms with Gasteiger partial charge in [0, 0.05) is 15.6 Å². The predicted molar refractivity (Wildman–Crippen MR) is 81.1 cm³/mol. The Hall–Kier alpha value is -1.75. The minimum atomic E-state index is -0.944. The predicted octanol–water partition coefficient (Wildman–Crippen LogP) is 3.41. The summed E-state index contributed by atoms with van der Waals surface area (Å²) in [5.74, 6) is 0.345. The molecular formula is C15H11Cl2NO3. The number of carbonyl (C=O) groups is 1. The average Bonchev–Trinajstić information content (AvgIpc) is 2.48. The fourth-order valence-electron chi connectivity index (χ4n) is 2.17. The molecule has 0 spiro atoms. The van der Waals surface area contributed by atoms with Crippen LogP contribution in [0.3, 0.4) is 0 Å². The molecule has 0 aromatic heterocycles. The Labute approximate surface area is 131 Å². The van der Waals surface area contributed by atoms with Crippen LogP contribution in [0.2, 0.25) is 10.0 Å². The van der Waals surface area contributed by atoms with Crippen molar-refractivity contribution in [2.75, 3.05) is 11.9 Å². The number of fused-ring (bicyclic) bond motifs is 1. The van der Waals surface area contributed by atoms with Crippen LogP contribution in [0.25, 0.3) is 0 Å². The maximum Gasteiger partial charge on any atom is 0.262 e. The Bertz CT molecular complexity index is 718. The van der Waals surface area contributed by atoms with E-state index in [0.717, 1.165) is 0 Å². The molecule has 0 saturated heterocycles. The van der Waals surface area contributed by atoms with Gasteiger partial charge in [0.1, 0.15) is 11.9 Å². The van der Waals surface area contributed by atoms with Crippen LogP contribution in [-0.2, 0) is 4.79 Å². The summed E-state index contributed by atoms with van der Waals surface area (Å²) in [5, 5.41) is 14.1. The van der Waals surface area contributed by atoms with Gasteiger partial charge in [0.2, 0.25) is 0 Å². The van der Waals surface area contributed by atoms with E-state index in [0.29, 0.717) is 32.6 Å². The van der Waals surface area contributed by atoms with Crippen molar-refractivity contribution >= 4 is 34.8 Å². The molecule has 6 heteroatoms. The lowest BCUT2D eigenvalue weighted by molar-refractivity contribution is -0.118. The van der Waals surface area contributed by atoms with Gasteiger partial charge in [-0.25, -0.2) is 0 Å². The highest BCUT2D eigenvalue weighted by Crippen LogP contribution is 2.35. The number of aliphatic hydroxyl groups is 1. The topological polar surface area (TPSA) is 58.6 Å². The minimum Gasteiger partial charge on any atom is -0.482 e. The Kier molecular flexibility index (Phi) is 3.76. The molecule has 1 unspecified atom stereocenters. The van der Waals surface area contributed by atoms with Gasteiger partial charge in [-0.05, 0) is 35.9 Å². The number of hydrogen-bond donors (Lipinski definition) is 2. The summed E-state index contributed by atoms with van der Waals surface area (Å²) in [5.41, 5.74) is 1.62. The molecule has 3 rings (SSSR count). The van der Waals surface area contributed by atoms with Crippen LogP contribution in [-0.4, -0.2) is 17.6 Å². The second-order valence-electron chi connectivity index (χ2n) is 4.66. The van der Waals surface area contributed by atoms with Crippen LogP contribution in [0.15, 0.2) is 36.4 Å². The third-order valence-corrected chi connectivity index (χ3v) is 3.78. The number of nitrogens with one attached hydrogen (secondary N) is 1. The average molecular weight is 324 g/mol. The van der Waals surface area contributed by atoms with Crippen molar-refractivity contribution in [3.63, 3.8) is 0 Å². The molecule has 2 aromatic carbocycles. The lowest BCUT2D eigenvalue weighted by Crippen LogP contribution is -2.25. The molecule has 21 heavy (non-hydrogen) atoms. The summed E-state index contributed by atoms with van der Waals surface area (Å²) in [6.45, 7) is -0.00494. The lowest BCUT2D eigenvalue weighted by atomic mass is 10.0. The van der Waals surface area contributed by atoms with Gasteiger partial charge in [0.05, 0.1) is 5.69 Å². The lowest BCUT2D eigenvalue weighted by Gasteiger charge is -2.20. The maximum absolute atomic E-state index is 11.3. The Morgan fingerprint density at radius 1 is 1.19 bits per heavy atom. The van der Waals surface area contributed by atoms with E-state index in [9.17, 15) is 9.90 Å². The van der Waals surface area contributed by atoms with Gasteiger partial charge in [-0.2, -0.15) is 0 Å².